The summed E-state index contributed by atoms with van der Waals surface area (Å²) < 4.78 is 6.96. The minimum atomic E-state index is -0.262. The summed E-state index contributed by atoms with van der Waals surface area (Å²) >= 11 is 6.52. The molecular weight excluding hydrogens is 396 g/mol. The first-order valence-electron chi connectivity index (χ1n) is 8.67. The number of nitrogens with zero attached hydrogens (tertiary/aromatic N) is 3. The van der Waals surface area contributed by atoms with Crippen LogP contribution in [0.2, 0.25) is 0 Å². The van der Waals surface area contributed by atoms with Gasteiger partial charge in [0.1, 0.15) is 15.8 Å². The number of thiocarbonyl (C=S) groups is 1. The molecule has 9 heteroatoms. The Morgan fingerprint density at radius 3 is 2.96 bits per heavy atom. The van der Waals surface area contributed by atoms with Crippen molar-refractivity contribution in [3.8, 4) is 0 Å². The highest BCUT2D eigenvalue weighted by Crippen LogP contribution is 2.33. The van der Waals surface area contributed by atoms with Gasteiger partial charge in [-0.05, 0) is 24.6 Å². The van der Waals surface area contributed by atoms with Crippen LogP contribution < -0.4 is 10.9 Å². The number of hydrogen-bond acceptors (Lipinski definition) is 7. The summed E-state index contributed by atoms with van der Waals surface area (Å²) in [5.41, 5.74) is 0.563. The highest BCUT2D eigenvalue weighted by Gasteiger charge is 2.32. The summed E-state index contributed by atoms with van der Waals surface area (Å²) in [5.74, 6) is 0.194. The molecule has 2 aromatic heterocycles. The van der Waals surface area contributed by atoms with Gasteiger partial charge in [-0.3, -0.25) is 18.9 Å². The van der Waals surface area contributed by atoms with Crippen molar-refractivity contribution in [2.45, 2.75) is 6.42 Å². The van der Waals surface area contributed by atoms with E-state index in [9.17, 15) is 9.59 Å². The fraction of sp³-hybridized carbons (Fsp3) is 0.263. The number of aromatic nitrogens is 2. The van der Waals surface area contributed by atoms with Crippen LogP contribution in [0.5, 0.6) is 0 Å². The Balaban J connectivity index is 2.01. The Kier molecular flexibility index (Phi) is 6.61. The van der Waals surface area contributed by atoms with Gasteiger partial charge in [0, 0.05) is 33.0 Å². The van der Waals surface area contributed by atoms with E-state index in [1.54, 1.807) is 37.6 Å². The molecule has 0 aromatic carbocycles. The van der Waals surface area contributed by atoms with E-state index in [1.807, 2.05) is 6.07 Å². The predicted octanol–water partition coefficient (Wildman–Crippen LogP) is 2.53. The molecule has 1 saturated heterocycles. The van der Waals surface area contributed by atoms with Gasteiger partial charge in [-0.25, -0.2) is 4.98 Å². The van der Waals surface area contributed by atoms with Gasteiger partial charge in [0.2, 0.25) is 0 Å². The van der Waals surface area contributed by atoms with Crippen molar-refractivity contribution in [1.29, 1.82) is 0 Å². The molecule has 1 N–H and O–H groups in total. The molecule has 1 amide bonds. The zero-order valence-corrected chi connectivity index (χ0v) is 17.0. The van der Waals surface area contributed by atoms with Gasteiger partial charge in [0.15, 0.2) is 0 Å². The standard InChI is InChI=1S/C19H20N4O3S2/c1-3-8-20-16-13(17(24)22-9-5-4-7-15(22)21-16)12-14-18(25)23(19(27)28-14)10-6-11-26-2/h3-5,7,9,12,20H,1,6,8,10-11H2,2H3/b14-12-. The minimum absolute atomic E-state index is 0.210. The Labute approximate surface area is 172 Å². The Morgan fingerprint density at radius 1 is 1.39 bits per heavy atom. The van der Waals surface area contributed by atoms with Crippen LogP contribution in [0.25, 0.3) is 11.7 Å². The fourth-order valence-electron chi connectivity index (χ4n) is 2.73. The number of carbonyl (C=O) groups excluding carboxylic acids is 1. The predicted molar refractivity (Wildman–Crippen MR) is 117 cm³/mol. The molecule has 146 valence electrons. The van der Waals surface area contributed by atoms with Crippen LogP contribution >= 0.6 is 24.0 Å². The molecule has 7 nitrogen and oxygen atoms in total. The summed E-state index contributed by atoms with van der Waals surface area (Å²) in [6, 6.07) is 5.31. The van der Waals surface area contributed by atoms with Gasteiger partial charge in [0.05, 0.1) is 10.5 Å². The van der Waals surface area contributed by atoms with Crippen molar-refractivity contribution in [2.75, 3.05) is 32.1 Å². The number of ether oxygens (including phenoxy) is 1. The Hall–Kier alpha value is -2.49. The van der Waals surface area contributed by atoms with Gasteiger partial charge in [-0.1, -0.05) is 36.1 Å². The molecule has 2 aromatic rings. The summed E-state index contributed by atoms with van der Waals surface area (Å²) in [4.78, 5) is 32.2. The van der Waals surface area contributed by atoms with Crippen LogP contribution in [-0.4, -0.2) is 51.3 Å². The average molecular weight is 417 g/mol. The minimum Gasteiger partial charge on any atom is -0.385 e. The zero-order valence-electron chi connectivity index (χ0n) is 15.4. The third-order valence-corrected chi connectivity index (χ3v) is 5.44. The monoisotopic (exact) mass is 416 g/mol. The van der Waals surface area contributed by atoms with Crippen LogP contribution in [0.15, 0.2) is 46.8 Å². The van der Waals surface area contributed by atoms with Crippen molar-refractivity contribution in [1.82, 2.24) is 14.3 Å². The number of anilines is 1. The number of amides is 1. The number of rotatable bonds is 8. The molecule has 1 fully saturated rings. The van der Waals surface area contributed by atoms with Crippen molar-refractivity contribution in [3.63, 3.8) is 0 Å². The lowest BCUT2D eigenvalue weighted by Crippen LogP contribution is -2.29. The van der Waals surface area contributed by atoms with E-state index in [2.05, 4.69) is 16.9 Å². The number of thioether (sulfide) groups is 1. The highest BCUT2D eigenvalue weighted by molar-refractivity contribution is 8.26. The molecule has 3 rings (SSSR count). The smallest absolute Gasteiger partial charge is 0.267 e. The van der Waals surface area contributed by atoms with Gasteiger partial charge in [-0.2, -0.15) is 0 Å². The van der Waals surface area contributed by atoms with Crippen LogP contribution in [0.4, 0.5) is 5.82 Å². The normalized spacial score (nSPS) is 15.6. The number of pyridine rings is 1. The maximum Gasteiger partial charge on any atom is 0.267 e. The summed E-state index contributed by atoms with van der Waals surface area (Å²) in [7, 11) is 1.61. The molecule has 0 spiro atoms. The lowest BCUT2D eigenvalue weighted by Gasteiger charge is -2.13. The third-order valence-electron chi connectivity index (χ3n) is 4.06. The van der Waals surface area contributed by atoms with E-state index in [0.717, 1.165) is 0 Å². The quantitative estimate of drug-likeness (QED) is 0.307. The summed E-state index contributed by atoms with van der Waals surface area (Å²) in [6.07, 6.45) is 5.57. The number of hydrogen-bond donors (Lipinski definition) is 1. The SMILES string of the molecule is C=CCNc1nc2ccccn2c(=O)c1/C=C1\SC(=S)N(CCCOC)C1=O. The first-order chi connectivity index (χ1) is 13.6. The van der Waals surface area contributed by atoms with Crippen molar-refractivity contribution >= 4 is 51.7 Å². The molecule has 0 unspecified atom stereocenters. The highest BCUT2D eigenvalue weighted by atomic mass is 32.2. The van der Waals surface area contributed by atoms with Crippen LogP contribution in [-0.2, 0) is 9.53 Å². The van der Waals surface area contributed by atoms with Gasteiger partial charge < -0.3 is 10.1 Å². The van der Waals surface area contributed by atoms with Crippen LogP contribution in [0.3, 0.4) is 0 Å². The van der Waals surface area contributed by atoms with E-state index in [0.29, 0.717) is 52.4 Å². The van der Waals surface area contributed by atoms with Crippen molar-refractivity contribution in [2.24, 2.45) is 0 Å². The van der Waals surface area contributed by atoms with E-state index >= 15 is 0 Å². The molecule has 28 heavy (non-hydrogen) atoms. The molecule has 0 saturated carbocycles. The second kappa shape index (κ2) is 9.13. The first-order valence-corrected chi connectivity index (χ1v) is 9.89. The van der Waals surface area contributed by atoms with Gasteiger partial charge in [0.25, 0.3) is 11.5 Å². The van der Waals surface area contributed by atoms with Crippen molar-refractivity contribution < 1.29 is 9.53 Å². The summed E-state index contributed by atoms with van der Waals surface area (Å²) in [6.45, 7) is 5.14. The molecule has 0 atom stereocenters. The largest absolute Gasteiger partial charge is 0.385 e. The molecule has 3 heterocycles. The van der Waals surface area contributed by atoms with Gasteiger partial charge >= 0.3 is 0 Å². The topological polar surface area (TPSA) is 75.9 Å². The van der Waals surface area contributed by atoms with Crippen molar-refractivity contribution in [3.05, 3.63) is 57.9 Å². The number of carbonyl (C=O) groups is 1. The first kappa shape index (κ1) is 20.2. The second-order valence-corrected chi connectivity index (χ2v) is 7.63. The molecular formula is C19H20N4O3S2. The second-order valence-electron chi connectivity index (χ2n) is 5.96. The molecule has 0 radical (unpaired) electrons. The van der Waals surface area contributed by atoms with E-state index < -0.39 is 0 Å². The lowest BCUT2D eigenvalue weighted by molar-refractivity contribution is -0.122. The van der Waals surface area contributed by atoms with E-state index in [1.165, 1.54) is 21.1 Å². The average Bonchev–Trinajstić information content (AvgIpc) is 2.96. The lowest BCUT2D eigenvalue weighted by atomic mass is 10.2. The third kappa shape index (κ3) is 4.16. The van der Waals surface area contributed by atoms with Gasteiger partial charge in [-0.15, -0.1) is 6.58 Å². The fourth-order valence-corrected chi connectivity index (χ4v) is 4.02. The molecule has 0 bridgehead atoms. The Morgan fingerprint density at radius 2 is 2.21 bits per heavy atom. The Bertz CT molecular complexity index is 1020. The van der Waals surface area contributed by atoms with Crippen LogP contribution in [0.1, 0.15) is 12.0 Å². The molecule has 1 aliphatic rings. The number of nitrogens with one attached hydrogen (secondary N) is 1. The molecule has 1 aliphatic heterocycles. The molecule has 0 aliphatic carbocycles. The summed E-state index contributed by atoms with van der Waals surface area (Å²) in [5, 5.41) is 3.08. The van der Waals surface area contributed by atoms with E-state index in [4.69, 9.17) is 17.0 Å². The maximum atomic E-state index is 13.0. The zero-order chi connectivity index (χ0) is 20.1. The van der Waals surface area contributed by atoms with Crippen LogP contribution in [0, 0.1) is 0 Å². The number of fused-ring (bicyclic) bond motifs is 1. The van der Waals surface area contributed by atoms with E-state index in [-0.39, 0.29) is 11.5 Å². The number of methoxy groups -OCH3 is 1. The maximum absolute atomic E-state index is 13.0.